The minimum Gasteiger partial charge on any atom is -0.358 e. The van der Waals surface area contributed by atoms with E-state index in [1.807, 2.05) is 0 Å². The van der Waals surface area contributed by atoms with Crippen molar-refractivity contribution in [3.8, 4) is 0 Å². The standard InChI is InChI=1S/C8H4NO2.CH3.Y/c10-7-5-3-1-2-4-6(5)9-8(7)11;;/h2-4H,(H,9,10,11);1H3;/q2*-1;. The number of fused-ring (bicyclic) bond motifs is 1. The number of rotatable bonds is 0. The van der Waals surface area contributed by atoms with E-state index in [1.165, 1.54) is 6.07 Å². The Morgan fingerprint density at radius 2 is 2.00 bits per heavy atom. The van der Waals surface area contributed by atoms with Crippen molar-refractivity contribution in [2.45, 2.75) is 0 Å². The van der Waals surface area contributed by atoms with Gasteiger partial charge in [0, 0.05) is 32.7 Å². The molecule has 3 nitrogen and oxygen atoms in total. The summed E-state index contributed by atoms with van der Waals surface area (Å²) in [4.78, 5) is 21.7. The molecule has 13 heavy (non-hydrogen) atoms. The molecule has 1 amide bonds. The SMILES string of the molecule is O=C1Nc2cc[c-]cc2C1=O.[CH3-].[Y]. The molecule has 4 heteroatoms. The Morgan fingerprint density at radius 1 is 1.31 bits per heavy atom. The average molecular weight is 250 g/mol. The zero-order valence-corrected chi connectivity index (χ0v) is 9.96. The number of nitrogens with one attached hydrogen (secondary N) is 1. The normalized spacial score (nSPS) is 12.3. The first-order valence-electron chi connectivity index (χ1n) is 3.15. The molecule has 0 saturated heterocycles. The predicted octanol–water partition coefficient (Wildman–Crippen LogP) is 1.07. The molecule has 1 N–H and O–H groups in total. The quantitative estimate of drug-likeness (QED) is 0.553. The first kappa shape index (κ1) is 12.5. The summed E-state index contributed by atoms with van der Waals surface area (Å²) in [5.41, 5.74) is 0.997. The maximum absolute atomic E-state index is 11.0. The molecule has 1 aromatic rings. The largest absolute Gasteiger partial charge is 0.358 e. The molecule has 0 fully saturated rings. The number of hydrogen-bond donors (Lipinski definition) is 1. The van der Waals surface area contributed by atoms with Crippen molar-refractivity contribution in [2.24, 2.45) is 0 Å². The van der Waals surface area contributed by atoms with Crippen molar-refractivity contribution in [3.05, 3.63) is 37.3 Å². The molecule has 1 aromatic carbocycles. The van der Waals surface area contributed by atoms with Gasteiger partial charge in [0.05, 0.1) is 0 Å². The van der Waals surface area contributed by atoms with Crippen LogP contribution in [0, 0.1) is 13.5 Å². The van der Waals surface area contributed by atoms with Crippen LogP contribution in [0.15, 0.2) is 18.2 Å². The molecule has 0 atom stereocenters. The molecular weight excluding hydrogens is 243 g/mol. The summed E-state index contributed by atoms with van der Waals surface area (Å²) < 4.78 is 0. The topological polar surface area (TPSA) is 46.2 Å². The van der Waals surface area contributed by atoms with Gasteiger partial charge in [0.15, 0.2) is 5.78 Å². The van der Waals surface area contributed by atoms with E-state index in [-0.39, 0.29) is 40.1 Å². The van der Waals surface area contributed by atoms with Crippen molar-refractivity contribution >= 4 is 17.4 Å². The van der Waals surface area contributed by atoms with Crippen LogP contribution >= 0.6 is 0 Å². The van der Waals surface area contributed by atoms with Gasteiger partial charge in [-0.1, -0.05) is 11.3 Å². The van der Waals surface area contributed by atoms with Gasteiger partial charge in [0.1, 0.15) is 0 Å². The van der Waals surface area contributed by atoms with Gasteiger partial charge >= 0.3 is 0 Å². The Kier molecular flexibility index (Phi) is 4.44. The van der Waals surface area contributed by atoms with Gasteiger partial charge in [-0.2, -0.15) is 18.2 Å². The van der Waals surface area contributed by atoms with Crippen LogP contribution in [0.25, 0.3) is 0 Å². The van der Waals surface area contributed by atoms with Gasteiger partial charge in [-0.05, 0) is 0 Å². The molecule has 0 aromatic heterocycles. The summed E-state index contributed by atoms with van der Waals surface area (Å²) in [6.45, 7) is 0. The summed E-state index contributed by atoms with van der Waals surface area (Å²) in [5.74, 6) is -1.03. The Hall–Kier alpha value is -0.536. The van der Waals surface area contributed by atoms with E-state index < -0.39 is 11.7 Å². The van der Waals surface area contributed by atoms with Crippen molar-refractivity contribution in [2.75, 3.05) is 5.32 Å². The van der Waals surface area contributed by atoms with Gasteiger partial charge in [0.25, 0.3) is 5.91 Å². The van der Waals surface area contributed by atoms with Gasteiger partial charge < -0.3 is 12.7 Å². The van der Waals surface area contributed by atoms with Gasteiger partial charge in [-0.25, -0.2) is 0 Å². The van der Waals surface area contributed by atoms with E-state index in [9.17, 15) is 9.59 Å². The van der Waals surface area contributed by atoms with Crippen LogP contribution < -0.4 is 5.32 Å². The van der Waals surface area contributed by atoms with Crippen molar-refractivity contribution in [3.63, 3.8) is 0 Å². The van der Waals surface area contributed by atoms with Crippen molar-refractivity contribution in [1.82, 2.24) is 0 Å². The third kappa shape index (κ3) is 2.03. The summed E-state index contributed by atoms with van der Waals surface area (Å²) in [5, 5.41) is 2.44. The third-order valence-corrected chi connectivity index (χ3v) is 1.56. The summed E-state index contributed by atoms with van der Waals surface area (Å²) >= 11 is 0. The number of hydrogen-bond acceptors (Lipinski definition) is 2. The zero-order valence-electron chi connectivity index (χ0n) is 7.13. The second-order valence-corrected chi connectivity index (χ2v) is 2.25. The van der Waals surface area contributed by atoms with E-state index in [2.05, 4.69) is 11.4 Å². The number of ketones is 1. The molecule has 0 bridgehead atoms. The van der Waals surface area contributed by atoms with Crippen LogP contribution in [0.3, 0.4) is 0 Å². The molecule has 65 valence electrons. The van der Waals surface area contributed by atoms with Crippen LogP contribution in [-0.2, 0) is 37.5 Å². The number of amides is 1. The van der Waals surface area contributed by atoms with Crippen LogP contribution in [0.1, 0.15) is 10.4 Å². The van der Waals surface area contributed by atoms with Crippen LogP contribution in [0.4, 0.5) is 5.69 Å². The number of carbonyl (C=O) groups is 2. The predicted molar refractivity (Wildman–Crippen MR) is 44.7 cm³/mol. The molecule has 0 saturated carbocycles. The summed E-state index contributed by atoms with van der Waals surface area (Å²) in [6, 6.07) is 7.54. The molecule has 1 aliphatic rings. The fourth-order valence-electron chi connectivity index (χ4n) is 1.03. The first-order valence-corrected chi connectivity index (χ1v) is 3.15. The molecule has 1 heterocycles. The van der Waals surface area contributed by atoms with Crippen molar-refractivity contribution in [1.29, 1.82) is 0 Å². The zero-order chi connectivity index (χ0) is 7.84. The monoisotopic (exact) mass is 250 g/mol. The summed E-state index contributed by atoms with van der Waals surface area (Å²) in [6.07, 6.45) is 0. The Bertz CT molecular complexity index is 349. The molecule has 1 aliphatic heterocycles. The Balaban J connectivity index is 0.000000720. The van der Waals surface area contributed by atoms with E-state index in [0.717, 1.165) is 0 Å². The molecular formula is C9H7NO2Y-2. The van der Waals surface area contributed by atoms with E-state index >= 15 is 0 Å². The Morgan fingerprint density at radius 3 is 2.62 bits per heavy atom. The van der Waals surface area contributed by atoms with E-state index in [4.69, 9.17) is 0 Å². The number of carbonyl (C=O) groups excluding carboxylic acids is 2. The maximum atomic E-state index is 11.0. The van der Waals surface area contributed by atoms with E-state index in [0.29, 0.717) is 11.3 Å². The first-order chi connectivity index (χ1) is 5.29. The summed E-state index contributed by atoms with van der Waals surface area (Å²) in [7, 11) is 0. The van der Waals surface area contributed by atoms with Gasteiger partial charge in [0.2, 0.25) is 0 Å². The minimum atomic E-state index is -0.556. The van der Waals surface area contributed by atoms with E-state index in [1.54, 1.807) is 12.1 Å². The van der Waals surface area contributed by atoms with Gasteiger partial charge in [-0.15, -0.1) is 6.07 Å². The molecule has 0 spiro atoms. The molecule has 0 unspecified atom stereocenters. The second kappa shape index (κ2) is 4.63. The smallest absolute Gasteiger partial charge is 0.282 e. The molecule has 1 radical (unpaired) electrons. The minimum absolute atomic E-state index is 0. The number of benzene rings is 1. The van der Waals surface area contributed by atoms with Crippen LogP contribution in [0.5, 0.6) is 0 Å². The van der Waals surface area contributed by atoms with Crippen LogP contribution in [0.2, 0.25) is 0 Å². The average Bonchev–Trinajstić information content (AvgIpc) is 2.30. The Labute approximate surface area is 102 Å². The second-order valence-electron chi connectivity index (χ2n) is 2.25. The number of Topliss-reactive ketones (excluding diaryl/α,β-unsaturated/α-hetero) is 1. The fourth-order valence-corrected chi connectivity index (χ4v) is 1.03. The molecule has 0 aliphatic carbocycles. The van der Waals surface area contributed by atoms with Crippen molar-refractivity contribution < 1.29 is 42.3 Å². The number of anilines is 1. The maximum Gasteiger partial charge on any atom is 0.282 e. The molecule has 2 rings (SSSR count). The third-order valence-electron chi connectivity index (χ3n) is 1.56. The van der Waals surface area contributed by atoms with Gasteiger partial charge in [-0.3, -0.25) is 9.59 Å². The fraction of sp³-hybridized carbons (Fsp3) is 0. The van der Waals surface area contributed by atoms with Crippen LogP contribution in [-0.4, -0.2) is 11.7 Å².